The third-order valence-electron chi connectivity index (χ3n) is 1.36. The lowest BCUT2D eigenvalue weighted by Gasteiger charge is -1.99. The molecule has 0 spiro atoms. The van der Waals surface area contributed by atoms with E-state index in [-0.39, 0.29) is 0 Å². The number of carbonyl (C=O) groups excluding carboxylic acids is 3. The Morgan fingerprint density at radius 1 is 1.06 bits per heavy atom. The van der Waals surface area contributed by atoms with Crippen LogP contribution >= 0.6 is 0 Å². The highest BCUT2D eigenvalue weighted by Crippen LogP contribution is 1.88. The van der Waals surface area contributed by atoms with Crippen LogP contribution in [-0.4, -0.2) is 38.2 Å². The molecule has 16 heavy (non-hydrogen) atoms. The molecule has 0 rings (SSSR count). The van der Waals surface area contributed by atoms with Gasteiger partial charge in [-0.3, -0.25) is 0 Å². The third-order valence-corrected chi connectivity index (χ3v) is 1.36. The highest BCUT2D eigenvalue weighted by Gasteiger charge is 2.04. The van der Waals surface area contributed by atoms with Crippen LogP contribution in [0.2, 0.25) is 0 Å². The lowest BCUT2D eigenvalue weighted by atomic mass is 10.5. The molecule has 0 amide bonds. The van der Waals surface area contributed by atoms with E-state index in [4.69, 9.17) is 0 Å². The molecule has 6 nitrogen and oxygen atoms in total. The maximum absolute atomic E-state index is 10.9. The second-order valence-electron chi connectivity index (χ2n) is 2.68. The van der Waals surface area contributed by atoms with Gasteiger partial charge >= 0.3 is 17.9 Å². The Morgan fingerprint density at radius 2 is 1.62 bits per heavy atom. The van der Waals surface area contributed by atoms with E-state index in [2.05, 4.69) is 14.2 Å². The number of carbonyl (C=O) groups is 3. The predicted molar refractivity (Wildman–Crippen MR) is 53.4 cm³/mol. The minimum Gasteiger partial charge on any atom is -0.466 e. The second kappa shape index (κ2) is 8.46. The maximum atomic E-state index is 10.9. The Labute approximate surface area is 93.2 Å². The van der Waals surface area contributed by atoms with Crippen LogP contribution in [0.4, 0.5) is 0 Å². The Hall–Kier alpha value is -1.85. The SMILES string of the molecule is CCCOC(=O)/C=C\C(=O)OCC(=O)OC. The first-order chi connectivity index (χ1) is 7.60. The van der Waals surface area contributed by atoms with E-state index in [0.29, 0.717) is 13.0 Å². The van der Waals surface area contributed by atoms with E-state index in [1.54, 1.807) is 0 Å². The first-order valence-corrected chi connectivity index (χ1v) is 4.68. The normalized spacial score (nSPS) is 9.88. The number of methoxy groups -OCH3 is 1. The van der Waals surface area contributed by atoms with E-state index < -0.39 is 24.5 Å². The van der Waals surface area contributed by atoms with Gasteiger partial charge in [-0.1, -0.05) is 6.92 Å². The van der Waals surface area contributed by atoms with E-state index in [9.17, 15) is 14.4 Å². The summed E-state index contributed by atoms with van der Waals surface area (Å²) in [6.45, 7) is 1.66. The van der Waals surface area contributed by atoms with Crippen molar-refractivity contribution < 1.29 is 28.6 Å². The molecule has 0 aliphatic carbocycles. The summed E-state index contributed by atoms with van der Waals surface area (Å²) in [5.74, 6) is -2.11. The van der Waals surface area contributed by atoms with Crippen molar-refractivity contribution in [3.8, 4) is 0 Å². The van der Waals surface area contributed by atoms with E-state index in [0.717, 1.165) is 12.2 Å². The van der Waals surface area contributed by atoms with Crippen LogP contribution in [0.15, 0.2) is 12.2 Å². The van der Waals surface area contributed by atoms with Gasteiger partial charge in [-0.15, -0.1) is 0 Å². The number of esters is 3. The van der Waals surface area contributed by atoms with Crippen molar-refractivity contribution in [1.82, 2.24) is 0 Å². The molecule has 0 aliphatic heterocycles. The highest BCUT2D eigenvalue weighted by atomic mass is 16.6. The second-order valence-corrected chi connectivity index (χ2v) is 2.68. The van der Waals surface area contributed by atoms with Gasteiger partial charge in [0.1, 0.15) is 0 Å². The van der Waals surface area contributed by atoms with Crippen LogP contribution < -0.4 is 0 Å². The van der Waals surface area contributed by atoms with Crippen molar-refractivity contribution in [3.63, 3.8) is 0 Å². The summed E-state index contributed by atoms with van der Waals surface area (Å²) in [6, 6.07) is 0. The molecule has 0 aromatic carbocycles. The van der Waals surface area contributed by atoms with Crippen molar-refractivity contribution in [3.05, 3.63) is 12.2 Å². The molecule has 0 radical (unpaired) electrons. The van der Waals surface area contributed by atoms with Crippen molar-refractivity contribution >= 4 is 17.9 Å². The summed E-state index contributed by atoms with van der Waals surface area (Å²) >= 11 is 0. The van der Waals surface area contributed by atoms with Gasteiger partial charge in [-0.05, 0) is 6.42 Å². The third kappa shape index (κ3) is 7.54. The number of rotatable bonds is 6. The lowest BCUT2D eigenvalue weighted by Crippen LogP contribution is -2.13. The van der Waals surface area contributed by atoms with Crippen LogP contribution in [0.5, 0.6) is 0 Å². The number of hydrogen-bond donors (Lipinski definition) is 0. The zero-order valence-corrected chi connectivity index (χ0v) is 9.23. The zero-order valence-electron chi connectivity index (χ0n) is 9.23. The highest BCUT2D eigenvalue weighted by molar-refractivity contribution is 5.92. The smallest absolute Gasteiger partial charge is 0.344 e. The molecular formula is C10H14O6. The van der Waals surface area contributed by atoms with Gasteiger partial charge in [0.05, 0.1) is 13.7 Å². The van der Waals surface area contributed by atoms with Crippen molar-refractivity contribution in [2.24, 2.45) is 0 Å². The minimum absolute atomic E-state index is 0.292. The molecule has 0 fully saturated rings. The summed E-state index contributed by atoms with van der Waals surface area (Å²) in [5.41, 5.74) is 0. The maximum Gasteiger partial charge on any atom is 0.344 e. The predicted octanol–water partition coefficient (Wildman–Crippen LogP) is 0.212. The van der Waals surface area contributed by atoms with Gasteiger partial charge in [0, 0.05) is 12.2 Å². The first-order valence-electron chi connectivity index (χ1n) is 4.68. The van der Waals surface area contributed by atoms with E-state index in [1.807, 2.05) is 6.92 Å². The van der Waals surface area contributed by atoms with E-state index in [1.165, 1.54) is 7.11 Å². The van der Waals surface area contributed by atoms with Crippen LogP contribution in [0.3, 0.4) is 0 Å². The number of ether oxygens (including phenoxy) is 3. The van der Waals surface area contributed by atoms with Crippen molar-refractivity contribution in [1.29, 1.82) is 0 Å². The molecule has 0 aromatic rings. The molecule has 0 aliphatic rings. The quantitative estimate of drug-likeness (QED) is 0.369. The molecule has 0 saturated heterocycles. The summed E-state index contributed by atoms with van der Waals surface area (Å²) in [7, 11) is 1.17. The summed E-state index contributed by atoms with van der Waals surface area (Å²) in [6.07, 6.45) is 2.53. The standard InChI is InChI=1S/C10H14O6/c1-3-6-15-8(11)4-5-9(12)16-7-10(13)14-2/h4-5H,3,6-7H2,1-2H3/b5-4-. The van der Waals surface area contributed by atoms with Gasteiger partial charge in [0.2, 0.25) is 0 Å². The minimum atomic E-state index is -0.807. The summed E-state index contributed by atoms with van der Waals surface area (Å²) < 4.78 is 13.4. The molecule has 0 heterocycles. The van der Waals surface area contributed by atoms with Gasteiger partial charge in [0.15, 0.2) is 6.61 Å². The van der Waals surface area contributed by atoms with Crippen LogP contribution in [0, 0.1) is 0 Å². The van der Waals surface area contributed by atoms with Crippen LogP contribution in [-0.2, 0) is 28.6 Å². The van der Waals surface area contributed by atoms with Crippen LogP contribution in [0.25, 0.3) is 0 Å². The Kier molecular flexibility index (Phi) is 7.48. The largest absolute Gasteiger partial charge is 0.466 e. The summed E-state index contributed by atoms with van der Waals surface area (Å²) in [5, 5.41) is 0. The molecule has 0 N–H and O–H groups in total. The fourth-order valence-corrected chi connectivity index (χ4v) is 0.624. The van der Waals surface area contributed by atoms with Gasteiger partial charge < -0.3 is 14.2 Å². The molecule has 0 saturated carbocycles. The van der Waals surface area contributed by atoms with Crippen molar-refractivity contribution in [2.45, 2.75) is 13.3 Å². The molecule has 0 bridgehead atoms. The Morgan fingerprint density at radius 3 is 2.12 bits per heavy atom. The Bertz CT molecular complexity index is 281. The fraction of sp³-hybridized carbons (Fsp3) is 0.500. The molecule has 0 atom stereocenters. The number of hydrogen-bond acceptors (Lipinski definition) is 6. The lowest BCUT2D eigenvalue weighted by molar-refractivity contribution is -0.154. The fourth-order valence-electron chi connectivity index (χ4n) is 0.624. The molecular weight excluding hydrogens is 216 g/mol. The monoisotopic (exact) mass is 230 g/mol. The van der Waals surface area contributed by atoms with E-state index >= 15 is 0 Å². The average molecular weight is 230 g/mol. The molecule has 0 unspecified atom stereocenters. The van der Waals surface area contributed by atoms with Gasteiger partial charge in [-0.2, -0.15) is 0 Å². The molecule has 0 aromatic heterocycles. The van der Waals surface area contributed by atoms with Gasteiger partial charge in [0.25, 0.3) is 0 Å². The first kappa shape index (κ1) is 14.2. The topological polar surface area (TPSA) is 78.9 Å². The zero-order chi connectivity index (χ0) is 12.4. The summed E-state index contributed by atoms with van der Waals surface area (Å²) in [4.78, 5) is 32.4. The van der Waals surface area contributed by atoms with Crippen LogP contribution in [0.1, 0.15) is 13.3 Å². The Balaban J connectivity index is 3.81. The molecule has 90 valence electrons. The van der Waals surface area contributed by atoms with Gasteiger partial charge in [-0.25, -0.2) is 14.4 Å². The molecule has 6 heteroatoms. The van der Waals surface area contributed by atoms with Crippen molar-refractivity contribution in [2.75, 3.05) is 20.3 Å². The average Bonchev–Trinajstić information content (AvgIpc) is 2.30.